The average molecular weight is 1120 g/mol. The van der Waals surface area contributed by atoms with Crippen LogP contribution in [0.5, 0.6) is 11.5 Å². The normalized spacial score (nSPS) is 12.8. The Morgan fingerprint density at radius 2 is 1.12 bits per heavy atom. The van der Waals surface area contributed by atoms with Gasteiger partial charge in [-0.2, -0.15) is 13.2 Å². The van der Waals surface area contributed by atoms with Crippen molar-refractivity contribution < 1.29 is 57.8 Å². The zero-order valence-electron chi connectivity index (χ0n) is 44.3. The quantitative estimate of drug-likeness (QED) is 0.0357. The van der Waals surface area contributed by atoms with Crippen molar-refractivity contribution in [2.45, 2.75) is 150 Å². The number of carboxylic acid groups (broad SMARTS) is 1. The molecule has 0 saturated carbocycles. The van der Waals surface area contributed by atoms with Crippen LogP contribution in [0.4, 0.5) is 13.2 Å². The Morgan fingerprint density at radius 3 is 1.49 bits per heavy atom. The number of benzene rings is 4. The fourth-order valence-electron chi connectivity index (χ4n) is 7.68. The summed E-state index contributed by atoms with van der Waals surface area (Å²) in [6.07, 6.45) is -0.284. The first-order valence-corrected chi connectivity index (χ1v) is 25.6. The number of alkyl halides is 3. The minimum absolute atomic E-state index is 0. The van der Waals surface area contributed by atoms with Gasteiger partial charge in [-0.1, -0.05) is 79.2 Å². The summed E-state index contributed by atoms with van der Waals surface area (Å²) in [4.78, 5) is 32.7. The molecule has 2 unspecified atom stereocenters. The second kappa shape index (κ2) is 29.1. The lowest BCUT2D eigenvalue weighted by Crippen LogP contribution is -2.37. The van der Waals surface area contributed by atoms with Gasteiger partial charge >= 0.3 is 12.1 Å². The Labute approximate surface area is 459 Å². The van der Waals surface area contributed by atoms with Crippen molar-refractivity contribution in [1.82, 2.24) is 24.4 Å². The molecule has 0 spiro atoms. The summed E-state index contributed by atoms with van der Waals surface area (Å²) in [5.74, 6) is 0.146. The number of halogens is 5. The number of imidazole rings is 2. The zero-order chi connectivity index (χ0) is 56.7. The van der Waals surface area contributed by atoms with E-state index in [1.54, 1.807) is 45.9 Å². The van der Waals surface area contributed by atoms with Crippen molar-refractivity contribution in [3.05, 3.63) is 141 Å². The highest BCUT2D eigenvalue weighted by Crippen LogP contribution is 2.32. The van der Waals surface area contributed by atoms with Gasteiger partial charge in [0, 0.05) is 67.5 Å². The van der Waals surface area contributed by atoms with Crippen LogP contribution in [-0.2, 0) is 37.1 Å². The Kier molecular flexibility index (Phi) is 24.7. The topological polar surface area (TPSA) is 227 Å². The number of amides is 1. The molecule has 1 amide bonds. The van der Waals surface area contributed by atoms with E-state index >= 15 is 0 Å². The molecule has 0 aliphatic carbocycles. The van der Waals surface area contributed by atoms with E-state index in [1.165, 1.54) is 0 Å². The molecule has 0 aliphatic heterocycles. The maximum absolute atomic E-state index is 12.9. The SMILES string of the molecule is C.CCn1cc(-c2ccc(CC(CCO)NC(=O)c3ccc(OC(C)C)c(Cl)c3)cc2)nc1C(C)(C)O.CCn1cc(-c2ccc(CC(N)CCO)cc2)nc1C(C)(C)O.C[C@@H](Oc1ccc(C(=O)O)cc1Cl)C(F)(F)F. The van der Waals surface area contributed by atoms with Gasteiger partial charge in [-0.25, -0.2) is 14.8 Å². The van der Waals surface area contributed by atoms with E-state index in [0.717, 1.165) is 71.7 Å². The van der Waals surface area contributed by atoms with Gasteiger partial charge in [-0.3, -0.25) is 4.79 Å². The third kappa shape index (κ3) is 19.8. The smallest absolute Gasteiger partial charge is 0.425 e. The first kappa shape index (κ1) is 65.3. The largest absolute Gasteiger partial charge is 0.489 e. The van der Waals surface area contributed by atoms with Crippen LogP contribution < -0.4 is 20.5 Å². The lowest BCUT2D eigenvalue weighted by Gasteiger charge is -2.19. The van der Waals surface area contributed by atoms with Gasteiger partial charge in [0.15, 0.2) is 6.10 Å². The number of aryl methyl sites for hydroxylation is 2. The van der Waals surface area contributed by atoms with Crippen LogP contribution in [0.15, 0.2) is 97.3 Å². The average Bonchev–Trinajstić information content (AvgIpc) is 4.00. The molecule has 422 valence electrons. The predicted octanol–water partition coefficient (Wildman–Crippen LogP) is 11.0. The van der Waals surface area contributed by atoms with Crippen molar-refractivity contribution in [2.24, 2.45) is 5.73 Å². The number of aromatic carboxylic acids is 1. The van der Waals surface area contributed by atoms with E-state index in [0.29, 0.717) is 53.8 Å². The van der Waals surface area contributed by atoms with Gasteiger partial charge in [0.05, 0.1) is 33.1 Å². The molecule has 77 heavy (non-hydrogen) atoms. The number of ether oxygens (including phenoxy) is 2. The number of rotatable bonds is 21. The molecule has 3 atom stereocenters. The highest BCUT2D eigenvalue weighted by atomic mass is 35.5. The van der Waals surface area contributed by atoms with E-state index in [9.17, 15) is 38.1 Å². The number of aliphatic hydroxyl groups excluding tert-OH is 2. The Hall–Kier alpha value is -5.99. The second-order valence-corrected chi connectivity index (χ2v) is 20.2. The molecular weight excluding hydrogens is 1040 g/mol. The van der Waals surface area contributed by atoms with Gasteiger partial charge in [0.25, 0.3) is 5.91 Å². The number of carboxylic acids is 1. The first-order valence-electron chi connectivity index (χ1n) is 24.9. The number of nitrogens with zero attached hydrogens (tertiary/aromatic N) is 4. The number of hydrogen-bond acceptors (Lipinski definition) is 11. The monoisotopic (exact) mass is 1110 g/mol. The van der Waals surface area contributed by atoms with Crippen LogP contribution in [0.25, 0.3) is 22.5 Å². The third-order valence-electron chi connectivity index (χ3n) is 11.6. The zero-order valence-corrected chi connectivity index (χ0v) is 45.8. The molecule has 0 saturated heterocycles. The fraction of sp³-hybridized carbons (Fsp3) is 0.439. The van der Waals surface area contributed by atoms with Crippen molar-refractivity contribution >= 4 is 35.1 Å². The van der Waals surface area contributed by atoms with Gasteiger partial charge in [0.2, 0.25) is 0 Å². The molecule has 2 aromatic heterocycles. The molecule has 0 aliphatic rings. The van der Waals surface area contributed by atoms with Crippen LogP contribution in [0.1, 0.15) is 126 Å². The Bertz CT molecular complexity index is 2810. The summed E-state index contributed by atoms with van der Waals surface area (Å²) in [6, 6.07) is 24.0. The van der Waals surface area contributed by atoms with Crippen molar-refractivity contribution in [2.75, 3.05) is 13.2 Å². The van der Waals surface area contributed by atoms with E-state index in [4.69, 9.17) is 43.9 Å². The lowest BCUT2D eigenvalue weighted by molar-refractivity contribution is -0.189. The van der Waals surface area contributed by atoms with Gasteiger partial charge < -0.3 is 55.2 Å². The Morgan fingerprint density at radius 1 is 0.688 bits per heavy atom. The molecule has 0 bridgehead atoms. The number of carbonyl (C=O) groups is 2. The van der Waals surface area contributed by atoms with E-state index in [-0.39, 0.29) is 61.1 Å². The predicted molar refractivity (Wildman–Crippen MR) is 296 cm³/mol. The number of aromatic nitrogens is 4. The van der Waals surface area contributed by atoms with Crippen LogP contribution in [0.2, 0.25) is 10.0 Å². The highest BCUT2D eigenvalue weighted by molar-refractivity contribution is 6.32. The van der Waals surface area contributed by atoms with Gasteiger partial charge in [-0.15, -0.1) is 0 Å². The number of nitrogens with one attached hydrogen (secondary N) is 1. The van der Waals surface area contributed by atoms with Crippen molar-refractivity contribution in [3.63, 3.8) is 0 Å². The molecule has 4 aromatic carbocycles. The number of aliphatic hydroxyl groups is 4. The van der Waals surface area contributed by atoms with E-state index in [2.05, 4.69) is 20.0 Å². The van der Waals surface area contributed by atoms with Gasteiger partial charge in [0.1, 0.15) is 34.3 Å². The molecule has 20 heteroatoms. The molecule has 0 fully saturated rings. The summed E-state index contributed by atoms with van der Waals surface area (Å²) < 4.78 is 50.8. The van der Waals surface area contributed by atoms with Crippen LogP contribution in [0, 0.1) is 0 Å². The first-order chi connectivity index (χ1) is 35.6. The number of carbonyl (C=O) groups excluding carboxylic acids is 1. The molecular formula is C57H75Cl2F3N6O9. The van der Waals surface area contributed by atoms with Crippen LogP contribution >= 0.6 is 23.2 Å². The van der Waals surface area contributed by atoms with Crippen LogP contribution in [0.3, 0.4) is 0 Å². The number of hydrogen-bond donors (Lipinski definition) is 7. The molecule has 15 nitrogen and oxygen atoms in total. The highest BCUT2D eigenvalue weighted by Gasteiger charge is 2.38. The molecule has 8 N–H and O–H groups in total. The molecule has 6 rings (SSSR count). The van der Waals surface area contributed by atoms with E-state index < -0.39 is 29.5 Å². The summed E-state index contributed by atoms with van der Waals surface area (Å²) in [5.41, 5.74) is 10.0. The Balaban J connectivity index is 0.000000327. The summed E-state index contributed by atoms with van der Waals surface area (Å²) in [5, 5.41) is 51.0. The molecule has 0 radical (unpaired) electrons. The maximum atomic E-state index is 12.9. The number of nitrogens with two attached hydrogens (primary N) is 1. The van der Waals surface area contributed by atoms with Crippen molar-refractivity contribution in [3.8, 4) is 34.0 Å². The maximum Gasteiger partial charge on any atom is 0.425 e. The van der Waals surface area contributed by atoms with E-state index in [1.807, 2.05) is 97.8 Å². The standard InChI is InChI=1S/C28H36ClN3O4.C18H27N3O2.C10H8ClF3O3.CH4/c1-6-32-17-24(31-27(32)28(4,5)35)20-9-7-19(8-10-20)15-22(13-14-33)30-26(34)21-11-12-25(23(29)16-21)36-18(2)3;1-4-21-12-16(20-17(21)18(2,3)23)14-7-5-13(6-8-14)11-15(19)9-10-22;1-5(10(12,13)14)17-8-3-2-6(9(15)16)4-7(8)11;/h7-12,16-18,22,33,35H,6,13-15H2,1-5H3,(H,30,34);5-8,12,15,22-23H,4,9-11,19H2,1-3H3;2-5H,1H3,(H,15,16);1H4/t;;5-;/m..1./s1. The van der Waals surface area contributed by atoms with Gasteiger partial charge in [-0.05, 0) is 136 Å². The summed E-state index contributed by atoms with van der Waals surface area (Å²) in [7, 11) is 0. The summed E-state index contributed by atoms with van der Waals surface area (Å²) >= 11 is 11.9. The minimum Gasteiger partial charge on any atom is -0.489 e. The second-order valence-electron chi connectivity index (χ2n) is 19.4. The molecule has 6 aromatic rings. The fourth-order valence-corrected chi connectivity index (χ4v) is 8.13. The molecule has 2 heterocycles. The third-order valence-corrected chi connectivity index (χ3v) is 12.2. The minimum atomic E-state index is -4.51. The van der Waals surface area contributed by atoms with Crippen LogP contribution in [-0.4, -0.2) is 100 Å². The van der Waals surface area contributed by atoms with Crippen molar-refractivity contribution in [1.29, 1.82) is 0 Å². The summed E-state index contributed by atoms with van der Waals surface area (Å²) in [6.45, 7) is 17.2. The lowest BCUT2D eigenvalue weighted by atomic mass is 10.0.